The van der Waals surface area contributed by atoms with Crippen LogP contribution in [0.15, 0.2) is 47.4 Å². The van der Waals surface area contributed by atoms with Crippen LogP contribution in [0.2, 0.25) is 0 Å². The van der Waals surface area contributed by atoms with E-state index in [1.54, 1.807) is 18.2 Å². The molecule has 0 spiro atoms. The maximum atomic E-state index is 12.5. The number of likely N-dealkylation sites (tertiary alicyclic amines) is 1. The summed E-state index contributed by atoms with van der Waals surface area (Å²) in [6.45, 7) is 4.80. The number of benzene rings is 2. The number of nitrogens with zero attached hydrogens (tertiary/aromatic N) is 1. The third-order valence-electron chi connectivity index (χ3n) is 5.10. The van der Waals surface area contributed by atoms with E-state index in [-0.39, 0.29) is 11.4 Å². The van der Waals surface area contributed by atoms with Crippen molar-refractivity contribution in [1.82, 2.24) is 9.62 Å². The van der Waals surface area contributed by atoms with E-state index in [4.69, 9.17) is 0 Å². The second-order valence-electron chi connectivity index (χ2n) is 6.99. The van der Waals surface area contributed by atoms with Gasteiger partial charge in [0.05, 0.1) is 11.0 Å². The number of sulfonamides is 1. The zero-order valence-corrected chi connectivity index (χ0v) is 15.5. The molecule has 3 atom stereocenters. The van der Waals surface area contributed by atoms with Crippen molar-refractivity contribution in [2.24, 2.45) is 0 Å². The number of hydrogen-bond acceptors (Lipinski definition) is 4. The van der Waals surface area contributed by atoms with Gasteiger partial charge in [0.2, 0.25) is 10.0 Å². The summed E-state index contributed by atoms with van der Waals surface area (Å²) in [7, 11) is -3.64. The lowest BCUT2D eigenvalue weighted by Gasteiger charge is -2.28. The molecule has 136 valence electrons. The van der Waals surface area contributed by atoms with Crippen molar-refractivity contribution in [3.8, 4) is 0 Å². The molecule has 1 aliphatic rings. The number of β-amino-alcohol motifs (C(OH)–C–C–N with tert-alkyl or cyclic N) is 1. The number of fused-ring (bicyclic) bond motifs is 1. The number of hydrogen-bond donors (Lipinski definition) is 2. The first-order valence-electron chi connectivity index (χ1n) is 8.79. The molecule has 2 aromatic rings. The highest BCUT2D eigenvalue weighted by molar-refractivity contribution is 7.89. The minimum Gasteiger partial charge on any atom is -0.390 e. The highest BCUT2D eigenvalue weighted by Crippen LogP contribution is 2.23. The van der Waals surface area contributed by atoms with Crippen molar-refractivity contribution >= 4 is 20.8 Å². The first-order valence-corrected chi connectivity index (χ1v) is 10.3. The van der Waals surface area contributed by atoms with E-state index in [1.807, 2.05) is 24.3 Å². The summed E-state index contributed by atoms with van der Waals surface area (Å²) in [5.41, 5.74) is 0. The highest BCUT2D eigenvalue weighted by Gasteiger charge is 2.29. The Morgan fingerprint density at radius 3 is 2.44 bits per heavy atom. The molecule has 2 N–H and O–H groups in total. The Bertz CT molecular complexity index is 827. The molecule has 0 saturated carbocycles. The lowest BCUT2D eigenvalue weighted by atomic mass is 10.1. The quantitative estimate of drug-likeness (QED) is 0.828. The Labute approximate surface area is 149 Å². The Kier molecular flexibility index (Phi) is 5.43. The molecule has 1 fully saturated rings. The minimum absolute atomic E-state index is 0.0189. The summed E-state index contributed by atoms with van der Waals surface area (Å²) in [5, 5.41) is 12.1. The molecule has 1 aliphatic heterocycles. The van der Waals surface area contributed by atoms with Crippen LogP contribution in [0.25, 0.3) is 10.8 Å². The van der Waals surface area contributed by atoms with Gasteiger partial charge < -0.3 is 5.11 Å². The maximum Gasteiger partial charge on any atom is 0.240 e. The molecule has 1 heterocycles. The van der Waals surface area contributed by atoms with Gasteiger partial charge in [-0.05, 0) is 49.6 Å². The third kappa shape index (κ3) is 4.20. The SMILES string of the molecule is CC1CCC(C)N1C[C@@H](O)CNS(=O)(=O)c1ccc2ccccc2c1. The molecule has 5 nitrogen and oxygen atoms in total. The predicted octanol–water partition coefficient (Wildman–Crippen LogP) is 2.35. The average molecular weight is 362 g/mol. The van der Waals surface area contributed by atoms with E-state index < -0.39 is 16.1 Å². The van der Waals surface area contributed by atoms with E-state index in [0.717, 1.165) is 23.6 Å². The van der Waals surface area contributed by atoms with Crippen LogP contribution in [-0.4, -0.2) is 49.7 Å². The van der Waals surface area contributed by atoms with Crippen LogP contribution in [0.4, 0.5) is 0 Å². The van der Waals surface area contributed by atoms with Gasteiger partial charge in [0, 0.05) is 25.2 Å². The number of nitrogens with one attached hydrogen (secondary N) is 1. The second-order valence-corrected chi connectivity index (χ2v) is 8.75. The lowest BCUT2D eigenvalue weighted by molar-refractivity contribution is 0.0941. The van der Waals surface area contributed by atoms with E-state index >= 15 is 0 Å². The first kappa shape index (κ1) is 18.3. The fourth-order valence-corrected chi connectivity index (χ4v) is 4.65. The Hall–Kier alpha value is -1.47. The fraction of sp³-hybridized carbons (Fsp3) is 0.474. The van der Waals surface area contributed by atoms with E-state index in [9.17, 15) is 13.5 Å². The standard InChI is InChI=1S/C19H26N2O3S/c1-14-7-8-15(2)21(14)13-18(22)12-20-25(23,24)19-10-9-16-5-3-4-6-17(16)11-19/h3-6,9-11,14-15,18,20,22H,7-8,12-13H2,1-2H3/t14?,15?,18-/m0/s1. The van der Waals surface area contributed by atoms with E-state index in [1.165, 1.54) is 0 Å². The Morgan fingerprint density at radius 2 is 1.76 bits per heavy atom. The summed E-state index contributed by atoms with van der Waals surface area (Å²) in [5.74, 6) is 0. The van der Waals surface area contributed by atoms with Gasteiger partial charge in [0.1, 0.15) is 0 Å². The van der Waals surface area contributed by atoms with Crippen molar-refractivity contribution < 1.29 is 13.5 Å². The van der Waals surface area contributed by atoms with Gasteiger partial charge in [-0.1, -0.05) is 30.3 Å². The number of rotatable bonds is 6. The highest BCUT2D eigenvalue weighted by atomic mass is 32.2. The topological polar surface area (TPSA) is 69.6 Å². The van der Waals surface area contributed by atoms with Gasteiger partial charge in [-0.25, -0.2) is 13.1 Å². The summed E-state index contributed by atoms with van der Waals surface area (Å²) in [6.07, 6.45) is 1.52. The van der Waals surface area contributed by atoms with Crippen LogP contribution in [0, 0.1) is 0 Å². The minimum atomic E-state index is -3.64. The Morgan fingerprint density at radius 1 is 1.12 bits per heavy atom. The first-order chi connectivity index (χ1) is 11.9. The molecule has 0 aromatic heterocycles. The average Bonchev–Trinajstić information content (AvgIpc) is 2.91. The van der Waals surface area contributed by atoms with Crippen molar-refractivity contribution in [2.45, 2.75) is 49.8 Å². The fourth-order valence-electron chi connectivity index (χ4n) is 3.54. The summed E-state index contributed by atoms with van der Waals surface area (Å²) < 4.78 is 27.6. The third-order valence-corrected chi connectivity index (χ3v) is 6.52. The Balaban J connectivity index is 1.64. The van der Waals surface area contributed by atoms with Crippen LogP contribution >= 0.6 is 0 Å². The van der Waals surface area contributed by atoms with Crippen LogP contribution in [-0.2, 0) is 10.0 Å². The van der Waals surface area contributed by atoms with Gasteiger partial charge in [-0.15, -0.1) is 0 Å². The molecule has 2 aromatic carbocycles. The van der Waals surface area contributed by atoms with Crippen molar-refractivity contribution in [3.63, 3.8) is 0 Å². The molecule has 1 saturated heterocycles. The molecule has 2 unspecified atom stereocenters. The lowest BCUT2D eigenvalue weighted by Crippen LogP contribution is -2.43. The van der Waals surface area contributed by atoms with Gasteiger partial charge in [0.15, 0.2) is 0 Å². The van der Waals surface area contributed by atoms with Gasteiger partial charge in [-0.2, -0.15) is 0 Å². The van der Waals surface area contributed by atoms with E-state index in [2.05, 4.69) is 23.5 Å². The predicted molar refractivity (Wildman–Crippen MR) is 100 cm³/mol. The molecule has 3 rings (SSSR count). The summed E-state index contributed by atoms with van der Waals surface area (Å²) in [4.78, 5) is 2.47. The molecule has 0 aliphatic carbocycles. The molecule has 0 bridgehead atoms. The molecule has 25 heavy (non-hydrogen) atoms. The van der Waals surface area contributed by atoms with Crippen LogP contribution in [0.1, 0.15) is 26.7 Å². The van der Waals surface area contributed by atoms with Crippen LogP contribution in [0.5, 0.6) is 0 Å². The van der Waals surface area contributed by atoms with Crippen molar-refractivity contribution in [1.29, 1.82) is 0 Å². The largest absolute Gasteiger partial charge is 0.390 e. The summed E-state index contributed by atoms with van der Waals surface area (Å²) in [6, 6.07) is 13.6. The van der Waals surface area contributed by atoms with Gasteiger partial charge in [0.25, 0.3) is 0 Å². The summed E-state index contributed by atoms with van der Waals surface area (Å²) >= 11 is 0. The van der Waals surface area contributed by atoms with Crippen LogP contribution in [0.3, 0.4) is 0 Å². The second kappa shape index (κ2) is 7.41. The molecule has 0 amide bonds. The molecular weight excluding hydrogens is 336 g/mol. The zero-order valence-electron chi connectivity index (χ0n) is 14.7. The smallest absolute Gasteiger partial charge is 0.240 e. The van der Waals surface area contributed by atoms with Crippen molar-refractivity contribution in [3.05, 3.63) is 42.5 Å². The number of aliphatic hydroxyl groups is 1. The molecule has 0 radical (unpaired) electrons. The normalized spacial score (nSPS) is 23.2. The maximum absolute atomic E-state index is 12.5. The zero-order chi connectivity index (χ0) is 18.0. The number of aliphatic hydroxyl groups excluding tert-OH is 1. The van der Waals surface area contributed by atoms with Crippen LogP contribution < -0.4 is 4.72 Å². The molecule has 6 heteroatoms. The van der Waals surface area contributed by atoms with Gasteiger partial charge in [-0.3, -0.25) is 4.90 Å². The van der Waals surface area contributed by atoms with Gasteiger partial charge >= 0.3 is 0 Å². The van der Waals surface area contributed by atoms with E-state index in [0.29, 0.717) is 18.6 Å². The molecular formula is C19H26N2O3S. The van der Waals surface area contributed by atoms with Crippen molar-refractivity contribution in [2.75, 3.05) is 13.1 Å². The monoisotopic (exact) mass is 362 g/mol.